The Morgan fingerprint density at radius 3 is 2.50 bits per heavy atom. The molecule has 1 aliphatic rings. The smallest absolute Gasteiger partial charge is 0.319 e. The highest BCUT2D eigenvalue weighted by molar-refractivity contribution is 6.30. The summed E-state index contributed by atoms with van der Waals surface area (Å²) >= 11 is 5.92. The monoisotopic (exact) mass is 430 g/mol. The zero-order chi connectivity index (χ0) is 21.5. The highest BCUT2D eigenvalue weighted by Crippen LogP contribution is 2.28. The van der Waals surface area contributed by atoms with Crippen molar-refractivity contribution in [2.75, 3.05) is 42.9 Å². The number of carbonyl (C=O) groups excluding carboxylic acids is 1. The van der Waals surface area contributed by atoms with Crippen LogP contribution in [-0.2, 0) is 0 Å². The molecule has 1 fully saturated rings. The van der Waals surface area contributed by atoms with Gasteiger partial charge in [0, 0.05) is 43.8 Å². The molecule has 2 amide bonds. The van der Waals surface area contributed by atoms with Gasteiger partial charge in [-0.05, 0) is 49.7 Å². The molecule has 7 heteroatoms. The van der Waals surface area contributed by atoms with Crippen LogP contribution in [-0.4, -0.2) is 49.7 Å². The van der Waals surface area contributed by atoms with Crippen molar-refractivity contribution >= 4 is 35.1 Å². The molecule has 0 bridgehead atoms. The van der Waals surface area contributed by atoms with Crippen LogP contribution in [0.3, 0.4) is 0 Å². The van der Waals surface area contributed by atoms with Gasteiger partial charge in [-0.15, -0.1) is 0 Å². The quantitative estimate of drug-likeness (QED) is 0.689. The third kappa shape index (κ3) is 6.47. The minimum Gasteiger partial charge on any atom is -0.367 e. The molecular weight excluding hydrogens is 403 g/mol. The van der Waals surface area contributed by atoms with Crippen molar-refractivity contribution in [2.24, 2.45) is 0 Å². The van der Waals surface area contributed by atoms with Crippen molar-refractivity contribution in [2.45, 2.75) is 19.9 Å². The Hall–Kier alpha value is -2.57. The van der Waals surface area contributed by atoms with Crippen molar-refractivity contribution < 1.29 is 9.18 Å². The topological polar surface area (TPSA) is 47.6 Å². The summed E-state index contributed by atoms with van der Waals surface area (Å²) in [5, 5.41) is 6.37. The SMILES string of the molecule is CC(C)NC(=O)Nc1ccc(F)cc1N1CCN(CC=Cc2ccc(Cl)cc2)CC1. The summed E-state index contributed by atoms with van der Waals surface area (Å²) in [6, 6.07) is 12.0. The third-order valence-corrected chi connectivity index (χ3v) is 5.14. The van der Waals surface area contributed by atoms with Gasteiger partial charge in [-0.1, -0.05) is 35.9 Å². The predicted octanol–water partition coefficient (Wildman–Crippen LogP) is 4.84. The van der Waals surface area contributed by atoms with Crippen LogP contribution in [0.4, 0.5) is 20.6 Å². The molecule has 0 saturated carbocycles. The molecule has 0 unspecified atom stereocenters. The second kappa shape index (κ2) is 10.5. The molecule has 0 atom stereocenters. The molecular formula is C23H28ClFN4O. The largest absolute Gasteiger partial charge is 0.367 e. The molecule has 0 aliphatic carbocycles. The van der Waals surface area contributed by atoms with Crippen LogP contribution in [0, 0.1) is 5.82 Å². The Kier molecular flexibility index (Phi) is 7.71. The lowest BCUT2D eigenvalue weighted by Gasteiger charge is -2.36. The highest BCUT2D eigenvalue weighted by atomic mass is 35.5. The number of carbonyl (C=O) groups is 1. The van der Waals surface area contributed by atoms with Crippen molar-refractivity contribution in [3.63, 3.8) is 0 Å². The van der Waals surface area contributed by atoms with Crippen LogP contribution in [0.15, 0.2) is 48.5 Å². The van der Waals surface area contributed by atoms with Gasteiger partial charge in [-0.2, -0.15) is 0 Å². The van der Waals surface area contributed by atoms with Gasteiger partial charge >= 0.3 is 6.03 Å². The summed E-state index contributed by atoms with van der Waals surface area (Å²) in [6.45, 7) is 7.88. The van der Waals surface area contributed by atoms with Crippen LogP contribution in [0.1, 0.15) is 19.4 Å². The Bertz CT molecular complexity index is 877. The van der Waals surface area contributed by atoms with Gasteiger partial charge < -0.3 is 15.5 Å². The van der Waals surface area contributed by atoms with Crippen LogP contribution >= 0.6 is 11.6 Å². The van der Waals surface area contributed by atoms with Crippen LogP contribution < -0.4 is 15.5 Å². The Labute approximate surface area is 182 Å². The molecule has 1 saturated heterocycles. The fourth-order valence-corrected chi connectivity index (χ4v) is 3.50. The first-order chi connectivity index (χ1) is 14.4. The van der Waals surface area contributed by atoms with Gasteiger partial charge in [0.2, 0.25) is 0 Å². The number of nitrogens with zero attached hydrogens (tertiary/aromatic N) is 2. The molecule has 0 spiro atoms. The maximum absolute atomic E-state index is 13.9. The molecule has 160 valence electrons. The van der Waals surface area contributed by atoms with E-state index in [2.05, 4.69) is 32.6 Å². The fourth-order valence-electron chi connectivity index (χ4n) is 3.38. The van der Waals surface area contributed by atoms with Crippen LogP contribution in [0.5, 0.6) is 0 Å². The van der Waals surface area contributed by atoms with E-state index in [9.17, 15) is 9.18 Å². The van der Waals surface area contributed by atoms with E-state index in [1.54, 1.807) is 6.07 Å². The number of hydrogen-bond acceptors (Lipinski definition) is 3. The van der Waals surface area contributed by atoms with Crippen molar-refractivity contribution in [3.05, 3.63) is 64.9 Å². The Balaban J connectivity index is 1.57. The summed E-state index contributed by atoms with van der Waals surface area (Å²) in [5.74, 6) is -0.312. The number of nitrogens with one attached hydrogen (secondary N) is 2. The molecule has 30 heavy (non-hydrogen) atoms. The van der Waals surface area contributed by atoms with Crippen molar-refractivity contribution in [1.29, 1.82) is 0 Å². The summed E-state index contributed by atoms with van der Waals surface area (Å²) in [5.41, 5.74) is 2.45. The summed E-state index contributed by atoms with van der Waals surface area (Å²) in [7, 11) is 0. The Morgan fingerprint density at radius 2 is 1.83 bits per heavy atom. The number of piperazine rings is 1. The van der Waals surface area contributed by atoms with E-state index in [-0.39, 0.29) is 17.9 Å². The van der Waals surface area contributed by atoms with E-state index < -0.39 is 0 Å². The maximum atomic E-state index is 13.9. The zero-order valence-electron chi connectivity index (χ0n) is 17.4. The lowest BCUT2D eigenvalue weighted by molar-refractivity contribution is 0.250. The van der Waals surface area contributed by atoms with Gasteiger partial charge in [0.15, 0.2) is 0 Å². The maximum Gasteiger partial charge on any atom is 0.319 e. The number of anilines is 2. The number of rotatable bonds is 6. The number of halogens is 2. The fraction of sp³-hybridized carbons (Fsp3) is 0.348. The van der Waals surface area contributed by atoms with E-state index in [0.717, 1.165) is 43.3 Å². The molecule has 0 radical (unpaired) electrons. The predicted molar refractivity (Wildman–Crippen MR) is 123 cm³/mol. The molecule has 1 heterocycles. The normalized spacial score (nSPS) is 15.0. The standard InChI is InChI=1S/C23H28ClFN4O/c1-17(2)26-23(30)27-21-10-9-20(25)16-22(21)29-14-12-28(13-15-29)11-3-4-18-5-7-19(24)8-6-18/h3-10,16-17H,11-15H2,1-2H3,(H2,26,27,30). The average molecular weight is 431 g/mol. The first kappa shape index (κ1) is 22.1. The average Bonchev–Trinajstić information content (AvgIpc) is 2.71. The van der Waals surface area contributed by atoms with E-state index in [0.29, 0.717) is 11.4 Å². The first-order valence-corrected chi connectivity index (χ1v) is 10.5. The number of amides is 2. The third-order valence-electron chi connectivity index (χ3n) is 4.88. The van der Waals surface area contributed by atoms with Crippen LogP contribution in [0.2, 0.25) is 5.02 Å². The first-order valence-electron chi connectivity index (χ1n) is 10.2. The highest BCUT2D eigenvalue weighted by Gasteiger charge is 2.20. The van der Waals surface area contributed by atoms with E-state index in [1.807, 2.05) is 38.1 Å². The summed E-state index contributed by atoms with van der Waals surface area (Å²) in [4.78, 5) is 16.6. The second-order valence-corrected chi connectivity index (χ2v) is 8.09. The lowest BCUT2D eigenvalue weighted by atomic mass is 10.2. The molecule has 2 aromatic rings. The van der Waals surface area contributed by atoms with Crippen molar-refractivity contribution in [3.8, 4) is 0 Å². The molecule has 2 aromatic carbocycles. The molecule has 0 aromatic heterocycles. The second-order valence-electron chi connectivity index (χ2n) is 7.66. The van der Waals surface area contributed by atoms with E-state index in [1.165, 1.54) is 12.1 Å². The molecule has 2 N–H and O–H groups in total. The number of benzene rings is 2. The van der Waals surface area contributed by atoms with Crippen LogP contribution in [0.25, 0.3) is 6.08 Å². The van der Waals surface area contributed by atoms with E-state index >= 15 is 0 Å². The molecule has 1 aliphatic heterocycles. The van der Waals surface area contributed by atoms with Crippen molar-refractivity contribution in [1.82, 2.24) is 10.2 Å². The summed E-state index contributed by atoms with van der Waals surface area (Å²) in [6.07, 6.45) is 4.23. The van der Waals surface area contributed by atoms with E-state index in [4.69, 9.17) is 11.6 Å². The van der Waals surface area contributed by atoms with Gasteiger partial charge in [0.1, 0.15) is 5.82 Å². The van der Waals surface area contributed by atoms with Gasteiger partial charge in [-0.3, -0.25) is 4.90 Å². The lowest BCUT2D eigenvalue weighted by Crippen LogP contribution is -2.46. The van der Waals surface area contributed by atoms with Gasteiger partial charge in [-0.25, -0.2) is 9.18 Å². The number of hydrogen-bond donors (Lipinski definition) is 2. The minimum absolute atomic E-state index is 0.0263. The van der Waals surface area contributed by atoms with Gasteiger partial charge in [0.25, 0.3) is 0 Å². The van der Waals surface area contributed by atoms with Gasteiger partial charge in [0.05, 0.1) is 11.4 Å². The number of urea groups is 1. The molecule has 5 nitrogen and oxygen atoms in total. The zero-order valence-corrected chi connectivity index (χ0v) is 18.1. The summed E-state index contributed by atoms with van der Waals surface area (Å²) < 4.78 is 13.9. The Morgan fingerprint density at radius 1 is 1.13 bits per heavy atom. The minimum atomic E-state index is -0.312. The molecule has 3 rings (SSSR count).